The van der Waals surface area contributed by atoms with Gasteiger partial charge in [-0.1, -0.05) is 13.0 Å². The van der Waals surface area contributed by atoms with Crippen molar-refractivity contribution in [1.29, 1.82) is 0 Å². The highest BCUT2D eigenvalue weighted by Gasteiger charge is 2.52. The van der Waals surface area contributed by atoms with Crippen LogP contribution in [0.25, 0.3) is 0 Å². The Bertz CT molecular complexity index is 482. The molecular weight excluding hydrogens is 220 g/mol. The zero-order chi connectivity index (χ0) is 12.0. The molecule has 1 heterocycles. The third-order valence-electron chi connectivity index (χ3n) is 4.08. The Morgan fingerprint density at radius 2 is 2.18 bits per heavy atom. The van der Waals surface area contributed by atoms with Crippen molar-refractivity contribution in [2.75, 3.05) is 6.79 Å². The minimum Gasteiger partial charge on any atom is -0.481 e. The summed E-state index contributed by atoms with van der Waals surface area (Å²) in [5.41, 5.74) is 0.0917. The summed E-state index contributed by atoms with van der Waals surface area (Å²) in [7, 11) is 0. The molecule has 0 aromatic heterocycles. The molecular formula is C13H14O4. The maximum atomic E-state index is 11.5. The SMILES string of the molecule is CC1CCC1(C(=O)O)c1ccc2c(c1)OCO2. The molecule has 1 saturated carbocycles. The van der Waals surface area contributed by atoms with Crippen LogP contribution in [0.15, 0.2) is 18.2 Å². The predicted octanol–water partition coefficient (Wildman–Crippen LogP) is 2.17. The molecule has 4 heteroatoms. The molecule has 0 saturated heterocycles. The van der Waals surface area contributed by atoms with Gasteiger partial charge in [-0.25, -0.2) is 0 Å². The van der Waals surface area contributed by atoms with E-state index < -0.39 is 11.4 Å². The van der Waals surface area contributed by atoms with Gasteiger partial charge in [0.05, 0.1) is 5.41 Å². The zero-order valence-electron chi connectivity index (χ0n) is 9.60. The molecule has 1 N–H and O–H groups in total. The number of carboxylic acids is 1. The fourth-order valence-corrected chi connectivity index (χ4v) is 2.77. The number of fused-ring (bicyclic) bond motifs is 1. The van der Waals surface area contributed by atoms with Crippen LogP contribution in [-0.2, 0) is 10.2 Å². The van der Waals surface area contributed by atoms with Crippen molar-refractivity contribution in [2.45, 2.75) is 25.2 Å². The lowest BCUT2D eigenvalue weighted by atomic mass is 9.57. The van der Waals surface area contributed by atoms with Crippen LogP contribution in [0, 0.1) is 5.92 Å². The molecule has 1 aromatic rings. The molecule has 0 radical (unpaired) electrons. The highest BCUT2D eigenvalue weighted by molar-refractivity contribution is 5.83. The molecule has 0 amide bonds. The summed E-state index contributed by atoms with van der Waals surface area (Å²) in [5.74, 6) is 0.777. The molecule has 0 spiro atoms. The van der Waals surface area contributed by atoms with Crippen LogP contribution >= 0.6 is 0 Å². The van der Waals surface area contributed by atoms with E-state index in [0.29, 0.717) is 17.9 Å². The monoisotopic (exact) mass is 234 g/mol. The van der Waals surface area contributed by atoms with Gasteiger partial charge in [0.1, 0.15) is 0 Å². The van der Waals surface area contributed by atoms with E-state index in [2.05, 4.69) is 0 Å². The number of carbonyl (C=O) groups is 1. The number of ether oxygens (including phenoxy) is 2. The molecule has 1 aliphatic carbocycles. The van der Waals surface area contributed by atoms with Crippen LogP contribution in [0.5, 0.6) is 11.5 Å². The van der Waals surface area contributed by atoms with E-state index >= 15 is 0 Å². The van der Waals surface area contributed by atoms with E-state index in [4.69, 9.17) is 9.47 Å². The van der Waals surface area contributed by atoms with Crippen molar-refractivity contribution in [3.05, 3.63) is 23.8 Å². The molecule has 3 rings (SSSR count). The Morgan fingerprint density at radius 3 is 2.76 bits per heavy atom. The van der Waals surface area contributed by atoms with E-state index in [1.807, 2.05) is 19.1 Å². The molecule has 2 atom stereocenters. The van der Waals surface area contributed by atoms with Crippen molar-refractivity contribution in [3.8, 4) is 11.5 Å². The molecule has 1 aromatic carbocycles. The van der Waals surface area contributed by atoms with Gasteiger partial charge in [-0.15, -0.1) is 0 Å². The molecule has 2 unspecified atom stereocenters. The Kier molecular flexibility index (Phi) is 2.08. The normalized spacial score (nSPS) is 29.8. The lowest BCUT2D eigenvalue weighted by molar-refractivity contribution is -0.151. The van der Waals surface area contributed by atoms with Gasteiger partial charge in [-0.2, -0.15) is 0 Å². The number of carboxylic acid groups (broad SMARTS) is 1. The van der Waals surface area contributed by atoms with E-state index in [0.717, 1.165) is 12.0 Å². The Morgan fingerprint density at radius 1 is 1.41 bits per heavy atom. The van der Waals surface area contributed by atoms with Gasteiger partial charge < -0.3 is 14.6 Å². The third kappa shape index (κ3) is 1.27. The lowest BCUT2D eigenvalue weighted by Crippen LogP contribution is -2.49. The molecule has 4 nitrogen and oxygen atoms in total. The molecule has 17 heavy (non-hydrogen) atoms. The molecule has 2 aliphatic rings. The summed E-state index contributed by atoms with van der Waals surface area (Å²) >= 11 is 0. The van der Waals surface area contributed by atoms with Gasteiger partial charge in [-0.3, -0.25) is 4.79 Å². The second-order valence-electron chi connectivity index (χ2n) is 4.78. The van der Waals surface area contributed by atoms with Gasteiger partial charge in [0.2, 0.25) is 6.79 Å². The van der Waals surface area contributed by atoms with Crippen LogP contribution < -0.4 is 9.47 Å². The maximum absolute atomic E-state index is 11.5. The highest BCUT2D eigenvalue weighted by Crippen LogP contribution is 2.50. The van der Waals surface area contributed by atoms with Gasteiger partial charge in [0.25, 0.3) is 0 Å². The van der Waals surface area contributed by atoms with Crippen LogP contribution in [0.4, 0.5) is 0 Å². The minimum absolute atomic E-state index is 0.167. The lowest BCUT2D eigenvalue weighted by Gasteiger charge is -2.44. The summed E-state index contributed by atoms with van der Waals surface area (Å²) < 4.78 is 10.5. The number of benzene rings is 1. The number of rotatable bonds is 2. The summed E-state index contributed by atoms with van der Waals surface area (Å²) in [6.07, 6.45) is 1.66. The standard InChI is InChI=1S/C13H14O4/c1-8-4-5-13(8,12(14)15)9-2-3-10-11(6-9)17-7-16-10/h2-3,6,8H,4-5,7H2,1H3,(H,14,15). The van der Waals surface area contributed by atoms with Gasteiger partial charge >= 0.3 is 5.97 Å². The van der Waals surface area contributed by atoms with E-state index in [-0.39, 0.29) is 12.7 Å². The van der Waals surface area contributed by atoms with Crippen LogP contribution in [0.2, 0.25) is 0 Å². The smallest absolute Gasteiger partial charge is 0.314 e. The van der Waals surface area contributed by atoms with Gasteiger partial charge in [-0.05, 0) is 36.5 Å². The molecule has 90 valence electrons. The second kappa shape index (κ2) is 3.39. The van der Waals surface area contributed by atoms with Gasteiger partial charge in [0.15, 0.2) is 11.5 Å². The molecule has 1 aliphatic heterocycles. The van der Waals surface area contributed by atoms with Crippen molar-refractivity contribution >= 4 is 5.97 Å². The van der Waals surface area contributed by atoms with E-state index in [1.54, 1.807) is 6.07 Å². The fraction of sp³-hybridized carbons (Fsp3) is 0.462. The van der Waals surface area contributed by atoms with Crippen molar-refractivity contribution in [1.82, 2.24) is 0 Å². The average molecular weight is 234 g/mol. The first-order valence-corrected chi connectivity index (χ1v) is 5.78. The van der Waals surface area contributed by atoms with Crippen LogP contribution in [0.1, 0.15) is 25.3 Å². The number of aliphatic carboxylic acids is 1. The van der Waals surface area contributed by atoms with Gasteiger partial charge in [0, 0.05) is 0 Å². The first kappa shape index (κ1) is 10.4. The zero-order valence-corrected chi connectivity index (χ0v) is 9.60. The summed E-state index contributed by atoms with van der Waals surface area (Å²) in [5, 5.41) is 9.48. The van der Waals surface area contributed by atoms with Crippen molar-refractivity contribution in [3.63, 3.8) is 0 Å². The minimum atomic E-state index is -0.741. The maximum Gasteiger partial charge on any atom is 0.314 e. The highest BCUT2D eigenvalue weighted by atomic mass is 16.7. The average Bonchev–Trinajstić information content (AvgIpc) is 2.74. The Hall–Kier alpha value is -1.71. The Labute approximate surface area is 99.2 Å². The summed E-state index contributed by atoms with van der Waals surface area (Å²) in [6.45, 7) is 2.20. The van der Waals surface area contributed by atoms with Crippen LogP contribution in [-0.4, -0.2) is 17.9 Å². The van der Waals surface area contributed by atoms with Crippen LogP contribution in [0.3, 0.4) is 0 Å². The largest absolute Gasteiger partial charge is 0.481 e. The topological polar surface area (TPSA) is 55.8 Å². The molecule has 0 bridgehead atoms. The third-order valence-corrected chi connectivity index (χ3v) is 4.08. The van der Waals surface area contributed by atoms with Crippen molar-refractivity contribution in [2.24, 2.45) is 5.92 Å². The summed E-state index contributed by atoms with van der Waals surface area (Å²) in [4.78, 5) is 11.5. The van der Waals surface area contributed by atoms with Crippen molar-refractivity contribution < 1.29 is 19.4 Å². The van der Waals surface area contributed by atoms with E-state index in [9.17, 15) is 9.90 Å². The first-order valence-electron chi connectivity index (χ1n) is 5.78. The quantitative estimate of drug-likeness (QED) is 0.852. The number of hydrogen-bond donors (Lipinski definition) is 1. The number of hydrogen-bond acceptors (Lipinski definition) is 3. The fourth-order valence-electron chi connectivity index (χ4n) is 2.77. The predicted molar refractivity (Wildman–Crippen MR) is 60.3 cm³/mol. The molecule has 1 fully saturated rings. The van der Waals surface area contributed by atoms with E-state index in [1.165, 1.54) is 0 Å². The second-order valence-corrected chi connectivity index (χ2v) is 4.78. The Balaban J connectivity index is 2.06. The summed E-state index contributed by atoms with van der Waals surface area (Å²) in [6, 6.07) is 5.46. The first-order chi connectivity index (χ1) is 8.14.